The Morgan fingerprint density at radius 2 is 1.79 bits per heavy atom. The number of aromatic nitrogens is 2. The van der Waals surface area contributed by atoms with Crippen LogP contribution in [0.2, 0.25) is 5.02 Å². The van der Waals surface area contributed by atoms with Crippen molar-refractivity contribution in [1.29, 1.82) is 0 Å². The predicted molar refractivity (Wildman–Crippen MR) is 162 cm³/mol. The highest BCUT2D eigenvalue weighted by atomic mass is 35.5. The maximum Gasteiger partial charge on any atom is 0.139 e. The summed E-state index contributed by atoms with van der Waals surface area (Å²) >= 11 is 6.80. The van der Waals surface area contributed by atoms with Gasteiger partial charge in [-0.3, -0.25) is 4.90 Å². The highest BCUT2D eigenvalue weighted by Gasteiger charge is 2.48. The molecule has 202 valence electrons. The number of hydrogen-bond acceptors (Lipinski definition) is 4. The number of anilines is 1. The van der Waals surface area contributed by atoms with E-state index in [4.69, 9.17) is 22.3 Å². The molecular weight excluding hydrogens is 502 g/mol. The molecule has 2 aliphatic heterocycles. The molecule has 0 spiro atoms. The summed E-state index contributed by atoms with van der Waals surface area (Å²) < 4.78 is 0. The molecule has 0 radical (unpaired) electrons. The standard InChI is InChI=1S/C33H38ClN5/c1-32(2)18-29(39-16-15-24-23(20-39)11-8-12-27(24)35)30(33(3,4)38-32)22-13-14-26(34)25(17-22)31-36-19-28(37-31)21-9-6-5-7-10-21/h5-14,17,19,29-30,38H,15-16,18,20,35H2,1-4H3,(H,36,37). The van der Waals surface area contributed by atoms with Crippen molar-refractivity contribution in [3.63, 3.8) is 0 Å². The van der Waals surface area contributed by atoms with Crippen molar-refractivity contribution < 1.29 is 0 Å². The minimum absolute atomic E-state index is 0.0154. The molecule has 4 aromatic rings. The van der Waals surface area contributed by atoms with Crippen LogP contribution in [0.4, 0.5) is 5.69 Å². The molecule has 3 heterocycles. The van der Waals surface area contributed by atoms with Gasteiger partial charge in [-0.1, -0.05) is 60.1 Å². The van der Waals surface area contributed by atoms with Crippen LogP contribution in [0.25, 0.3) is 22.6 Å². The van der Waals surface area contributed by atoms with Crippen LogP contribution in [0.3, 0.4) is 0 Å². The second kappa shape index (κ2) is 9.81. The number of aromatic amines is 1. The van der Waals surface area contributed by atoms with Gasteiger partial charge in [-0.15, -0.1) is 0 Å². The number of H-pyrrole nitrogens is 1. The molecule has 0 amide bonds. The molecule has 6 heteroatoms. The number of halogens is 1. The summed E-state index contributed by atoms with van der Waals surface area (Å²) in [5.41, 5.74) is 14.1. The average Bonchev–Trinajstić information content (AvgIpc) is 3.38. The van der Waals surface area contributed by atoms with Gasteiger partial charge >= 0.3 is 0 Å². The maximum atomic E-state index is 6.80. The van der Waals surface area contributed by atoms with Crippen molar-refractivity contribution in [3.8, 4) is 22.6 Å². The smallest absolute Gasteiger partial charge is 0.139 e. The van der Waals surface area contributed by atoms with Gasteiger partial charge < -0.3 is 16.0 Å². The molecule has 6 rings (SSSR count). The molecule has 2 atom stereocenters. The zero-order chi connectivity index (χ0) is 27.4. The molecule has 5 nitrogen and oxygen atoms in total. The largest absolute Gasteiger partial charge is 0.398 e. The van der Waals surface area contributed by atoms with Crippen LogP contribution in [-0.4, -0.2) is 38.5 Å². The van der Waals surface area contributed by atoms with E-state index in [2.05, 4.69) is 79.3 Å². The number of imidazole rings is 1. The Morgan fingerprint density at radius 1 is 1.00 bits per heavy atom. The van der Waals surface area contributed by atoms with Gasteiger partial charge in [-0.25, -0.2) is 4.98 Å². The van der Waals surface area contributed by atoms with Crippen LogP contribution in [0.1, 0.15) is 56.7 Å². The van der Waals surface area contributed by atoms with Gasteiger partial charge in [0.2, 0.25) is 0 Å². The van der Waals surface area contributed by atoms with Crippen molar-refractivity contribution >= 4 is 17.3 Å². The Hall–Kier alpha value is -3.12. The number of hydrogen-bond donors (Lipinski definition) is 3. The predicted octanol–water partition coefficient (Wildman–Crippen LogP) is 7.04. The minimum atomic E-state index is -0.133. The number of nitrogens with two attached hydrogens (primary N) is 1. The molecular formula is C33H38ClN5. The van der Waals surface area contributed by atoms with Crippen molar-refractivity contribution in [1.82, 2.24) is 20.2 Å². The third-order valence-corrected chi connectivity index (χ3v) is 8.94. The fourth-order valence-electron chi connectivity index (χ4n) is 7.19. The van der Waals surface area contributed by atoms with E-state index in [1.165, 1.54) is 16.7 Å². The molecule has 3 aromatic carbocycles. The van der Waals surface area contributed by atoms with Crippen molar-refractivity contribution in [3.05, 3.63) is 94.6 Å². The maximum absolute atomic E-state index is 6.80. The fraction of sp³-hybridized carbons (Fsp3) is 0.364. The highest BCUT2D eigenvalue weighted by molar-refractivity contribution is 6.33. The lowest BCUT2D eigenvalue weighted by atomic mass is 9.67. The van der Waals surface area contributed by atoms with E-state index < -0.39 is 0 Å². The van der Waals surface area contributed by atoms with Crippen molar-refractivity contribution in [2.24, 2.45) is 0 Å². The van der Waals surface area contributed by atoms with Crippen LogP contribution in [0.15, 0.2) is 72.9 Å². The first-order chi connectivity index (χ1) is 18.6. The number of nitrogens with zero attached hydrogens (tertiary/aromatic N) is 2. The number of fused-ring (bicyclic) bond motifs is 1. The summed E-state index contributed by atoms with van der Waals surface area (Å²) in [6, 6.07) is 23.5. The molecule has 0 saturated carbocycles. The zero-order valence-corrected chi connectivity index (χ0v) is 24.0. The summed E-state index contributed by atoms with van der Waals surface area (Å²) in [4.78, 5) is 10.9. The molecule has 0 aliphatic carbocycles. The first-order valence-corrected chi connectivity index (χ1v) is 14.3. The number of nitrogens with one attached hydrogen (secondary N) is 2. The first-order valence-electron chi connectivity index (χ1n) is 13.9. The van der Waals surface area contributed by atoms with Gasteiger partial charge in [0, 0.05) is 47.4 Å². The van der Waals surface area contributed by atoms with E-state index in [1.807, 2.05) is 36.5 Å². The lowest BCUT2D eigenvalue weighted by molar-refractivity contribution is 0.0350. The SMILES string of the molecule is CC1(C)CC(N2CCc3c(N)cccc3C2)C(c2ccc(Cl)c(-c3ncc(-c4ccccc4)[nH]3)c2)C(C)(C)N1. The van der Waals surface area contributed by atoms with Crippen LogP contribution in [0.5, 0.6) is 0 Å². The molecule has 39 heavy (non-hydrogen) atoms. The van der Waals surface area contributed by atoms with E-state index in [0.717, 1.165) is 54.3 Å². The topological polar surface area (TPSA) is 70.0 Å². The van der Waals surface area contributed by atoms with Gasteiger partial charge in [0.05, 0.1) is 16.9 Å². The van der Waals surface area contributed by atoms with Gasteiger partial charge in [-0.2, -0.15) is 0 Å². The van der Waals surface area contributed by atoms with Crippen LogP contribution >= 0.6 is 11.6 Å². The number of nitrogen functional groups attached to an aromatic ring is 1. The van der Waals surface area contributed by atoms with Gasteiger partial charge in [0.15, 0.2) is 0 Å². The van der Waals surface area contributed by atoms with E-state index in [-0.39, 0.29) is 17.0 Å². The molecule has 1 saturated heterocycles. The quantitative estimate of drug-likeness (QED) is 0.243. The number of benzene rings is 3. The Morgan fingerprint density at radius 3 is 2.59 bits per heavy atom. The molecule has 4 N–H and O–H groups in total. The van der Waals surface area contributed by atoms with Crippen LogP contribution < -0.4 is 11.1 Å². The Labute approximate surface area is 236 Å². The van der Waals surface area contributed by atoms with Crippen LogP contribution in [0, 0.1) is 0 Å². The average molecular weight is 540 g/mol. The molecule has 0 bridgehead atoms. The Kier molecular flexibility index (Phi) is 6.57. The van der Waals surface area contributed by atoms with Gasteiger partial charge in [-0.05, 0) is 81.0 Å². The lowest BCUT2D eigenvalue weighted by Crippen LogP contribution is -2.66. The fourth-order valence-corrected chi connectivity index (χ4v) is 7.39. The lowest BCUT2D eigenvalue weighted by Gasteiger charge is -2.56. The second-order valence-corrected chi connectivity index (χ2v) is 12.8. The summed E-state index contributed by atoms with van der Waals surface area (Å²) in [7, 11) is 0. The van der Waals surface area contributed by atoms with E-state index in [9.17, 15) is 0 Å². The van der Waals surface area contributed by atoms with E-state index in [0.29, 0.717) is 11.1 Å². The summed E-state index contributed by atoms with van der Waals surface area (Å²) in [6.07, 6.45) is 3.93. The molecule has 1 fully saturated rings. The van der Waals surface area contributed by atoms with E-state index >= 15 is 0 Å². The molecule has 1 aromatic heterocycles. The van der Waals surface area contributed by atoms with Crippen LogP contribution in [-0.2, 0) is 13.0 Å². The van der Waals surface area contributed by atoms with Crippen molar-refractivity contribution in [2.45, 2.75) is 70.1 Å². The number of rotatable bonds is 4. The monoisotopic (exact) mass is 539 g/mol. The van der Waals surface area contributed by atoms with E-state index in [1.54, 1.807) is 0 Å². The molecule has 2 unspecified atom stereocenters. The summed E-state index contributed by atoms with van der Waals surface area (Å²) in [5, 5.41) is 4.68. The van der Waals surface area contributed by atoms with Gasteiger partial charge in [0.25, 0.3) is 0 Å². The van der Waals surface area contributed by atoms with Gasteiger partial charge in [0.1, 0.15) is 5.82 Å². The minimum Gasteiger partial charge on any atom is -0.398 e. The van der Waals surface area contributed by atoms with Crippen molar-refractivity contribution in [2.75, 3.05) is 12.3 Å². The zero-order valence-electron chi connectivity index (χ0n) is 23.3. The number of piperidine rings is 1. The first kappa shape index (κ1) is 26.1. The second-order valence-electron chi connectivity index (χ2n) is 12.4. The summed E-state index contributed by atoms with van der Waals surface area (Å²) in [5.74, 6) is 1.05. The third kappa shape index (κ3) is 5.00. The third-order valence-electron chi connectivity index (χ3n) is 8.61. The summed E-state index contributed by atoms with van der Waals surface area (Å²) in [6.45, 7) is 11.3. The Balaban J connectivity index is 1.38. The molecule has 2 aliphatic rings. The normalized spacial score (nSPS) is 22.4. The highest BCUT2D eigenvalue weighted by Crippen LogP contribution is 2.45. The Bertz CT molecular complexity index is 1490.